The van der Waals surface area contributed by atoms with Gasteiger partial charge in [-0.3, -0.25) is 9.13 Å². The summed E-state index contributed by atoms with van der Waals surface area (Å²) in [6.07, 6.45) is 6.51. The molecule has 20 nitrogen and oxygen atoms in total. The van der Waals surface area contributed by atoms with Crippen LogP contribution in [-0.2, 0) is 38.7 Å². The fourth-order valence-corrected chi connectivity index (χ4v) is 12.8. The molecule has 4 aromatic heterocycles. The Hall–Kier alpha value is -8.42. The summed E-state index contributed by atoms with van der Waals surface area (Å²) in [6.45, 7) is 17.9. The molecule has 472 valence electrons. The van der Waals surface area contributed by atoms with Crippen LogP contribution in [0.1, 0.15) is 99.8 Å². The van der Waals surface area contributed by atoms with Gasteiger partial charge in [-0.15, -0.1) is 13.2 Å². The molecule has 22 heteroatoms. The van der Waals surface area contributed by atoms with Crippen LogP contribution in [0.3, 0.4) is 0 Å². The minimum absolute atomic E-state index is 0.0197. The summed E-state index contributed by atoms with van der Waals surface area (Å²) < 4.78 is 61.4. The highest BCUT2D eigenvalue weighted by Gasteiger charge is 2.40. The van der Waals surface area contributed by atoms with Crippen molar-refractivity contribution in [3.05, 3.63) is 242 Å². The quantitative estimate of drug-likeness (QED) is 0.0154. The van der Waals surface area contributed by atoms with Crippen LogP contribution in [0.2, 0.25) is 0 Å². The molecule has 2 atom stereocenters. The number of nitrogens with one attached hydrogen (secondary N) is 2. The monoisotopic (exact) mass is 1260 g/mol. The summed E-state index contributed by atoms with van der Waals surface area (Å²) in [4.78, 5) is 46.1. The first kappa shape index (κ1) is 67.5. The number of ether oxygens (including phenoxy) is 4. The van der Waals surface area contributed by atoms with Crippen molar-refractivity contribution in [1.29, 1.82) is 0 Å². The summed E-state index contributed by atoms with van der Waals surface area (Å²) in [5.74, 6) is 2.68. The fourth-order valence-electron chi connectivity index (χ4n) is 10.6. The van der Waals surface area contributed by atoms with Crippen LogP contribution in [-0.4, -0.2) is 101 Å². The first-order chi connectivity index (χ1) is 43.5. The predicted molar refractivity (Wildman–Crippen MR) is 353 cm³/mol. The number of methoxy groups -OCH3 is 2. The highest BCUT2D eigenvalue weighted by molar-refractivity contribution is 7.53. The van der Waals surface area contributed by atoms with Crippen LogP contribution in [0.4, 0.5) is 11.6 Å². The zero-order chi connectivity index (χ0) is 64.3. The Morgan fingerprint density at radius 1 is 0.467 bits per heavy atom. The number of aromatic nitrogens is 8. The first-order valence-electron chi connectivity index (χ1n) is 29.6. The maximum Gasteiger partial charge on any atom is 0.356 e. The van der Waals surface area contributed by atoms with Crippen LogP contribution in [0.25, 0.3) is 22.3 Å². The predicted octanol–water partition coefficient (Wildman–Crippen LogP) is 14.4. The Bertz CT molecular complexity index is 3820. The standard InChI is InChI=1S/C36H44N5O5P.C30H32N5O5P.C2H4/c1-26(2)45-47(42,46-27(3)4)25-44-22-21-28(5)41-24-39-33-34(37-23-38-35(33)41)40-36(29-13-9-7-10-14-29,30-15-11-8-12-16-30)31-17-19-32(43-6)20-18-31;1-22(17-18-40-21-41(36,37)38)35-20-33-27-28(31-19-32-29(27)35)34-30(23-9-5-3-6-10-23,24-11-7-4-8-12-24)25-13-15-26(39-2)16-14-25;1-2/h7-20,23-24,26-28H,21-22,25H2,1-6H3,(H,37,38,40);3-16,19-20,22H,17-18,21H2,1-2H3,(H,31,32,34)(H2,36,37,38);1-2H2. The molecular weight excluding hydrogens is 1180 g/mol. The Balaban J connectivity index is 0.000000228. The van der Waals surface area contributed by atoms with E-state index in [2.05, 4.69) is 111 Å². The van der Waals surface area contributed by atoms with Crippen molar-refractivity contribution >= 4 is 49.2 Å². The van der Waals surface area contributed by atoms with Crippen LogP contribution in [0.15, 0.2) is 208 Å². The van der Waals surface area contributed by atoms with E-state index < -0.39 is 32.6 Å². The Morgan fingerprint density at radius 2 is 0.789 bits per heavy atom. The summed E-state index contributed by atoms with van der Waals surface area (Å²) in [7, 11) is -4.28. The maximum atomic E-state index is 13.2. The third-order valence-electron chi connectivity index (χ3n) is 14.8. The lowest BCUT2D eigenvalue weighted by atomic mass is 9.77. The number of anilines is 2. The van der Waals surface area contributed by atoms with Crippen molar-refractivity contribution in [1.82, 2.24) is 39.0 Å². The zero-order valence-electron chi connectivity index (χ0n) is 52.1. The molecule has 0 bridgehead atoms. The topological polar surface area (TPSA) is 241 Å². The Kier molecular flexibility index (Phi) is 23.5. The highest BCUT2D eigenvalue weighted by Crippen LogP contribution is 2.51. The minimum atomic E-state index is -4.21. The Morgan fingerprint density at radius 3 is 1.10 bits per heavy atom. The van der Waals surface area contributed by atoms with E-state index in [0.29, 0.717) is 53.4 Å². The van der Waals surface area contributed by atoms with Crippen LogP contribution < -0.4 is 20.1 Å². The molecule has 0 saturated heterocycles. The molecule has 0 spiro atoms. The molecule has 10 rings (SSSR count). The van der Waals surface area contributed by atoms with Gasteiger partial charge in [0.25, 0.3) is 0 Å². The molecule has 0 fully saturated rings. The van der Waals surface area contributed by atoms with Crippen molar-refractivity contribution in [3.8, 4) is 11.5 Å². The van der Waals surface area contributed by atoms with Crippen LogP contribution >= 0.6 is 15.2 Å². The van der Waals surface area contributed by atoms with Crippen molar-refractivity contribution < 1.29 is 46.9 Å². The maximum absolute atomic E-state index is 13.2. The highest BCUT2D eigenvalue weighted by atomic mass is 31.2. The van der Waals surface area contributed by atoms with Crippen molar-refractivity contribution in [2.24, 2.45) is 0 Å². The van der Waals surface area contributed by atoms with E-state index in [-0.39, 0.29) is 37.2 Å². The smallest absolute Gasteiger partial charge is 0.356 e. The van der Waals surface area contributed by atoms with Gasteiger partial charge in [0.15, 0.2) is 22.9 Å². The molecule has 2 unspecified atom stereocenters. The van der Waals surface area contributed by atoms with E-state index in [4.69, 9.17) is 47.7 Å². The molecule has 4 heterocycles. The van der Waals surface area contributed by atoms with Crippen molar-refractivity contribution in [3.63, 3.8) is 0 Å². The Labute approximate surface area is 526 Å². The summed E-state index contributed by atoms with van der Waals surface area (Å²) in [6, 6.07) is 56.9. The third-order valence-corrected chi connectivity index (χ3v) is 17.3. The van der Waals surface area contributed by atoms with Gasteiger partial charge in [-0.25, -0.2) is 29.9 Å². The molecule has 0 amide bonds. The van der Waals surface area contributed by atoms with Gasteiger partial charge in [0.05, 0.1) is 39.1 Å². The number of hydrogen-bond donors (Lipinski definition) is 4. The number of imidazole rings is 2. The van der Waals surface area contributed by atoms with E-state index in [1.54, 1.807) is 33.2 Å². The fraction of sp³-hybridized carbons (Fsp3) is 0.294. The van der Waals surface area contributed by atoms with Crippen LogP contribution in [0.5, 0.6) is 11.5 Å². The number of fused-ring (bicyclic) bond motifs is 2. The van der Waals surface area contributed by atoms with Gasteiger partial charge < -0.3 is 57.5 Å². The molecule has 0 saturated carbocycles. The van der Waals surface area contributed by atoms with Crippen molar-refractivity contribution in [2.75, 3.05) is 50.8 Å². The number of rotatable bonds is 28. The molecule has 6 aromatic carbocycles. The molecule has 0 radical (unpaired) electrons. The third kappa shape index (κ3) is 16.3. The summed E-state index contributed by atoms with van der Waals surface area (Å²) >= 11 is 0. The van der Waals surface area contributed by atoms with Gasteiger partial charge in [0.2, 0.25) is 0 Å². The van der Waals surface area contributed by atoms with Gasteiger partial charge in [0, 0.05) is 25.3 Å². The second kappa shape index (κ2) is 31.4. The van der Waals surface area contributed by atoms with Gasteiger partial charge in [-0.05, 0) is 112 Å². The number of benzene rings is 6. The second-order valence-electron chi connectivity index (χ2n) is 21.7. The van der Waals surface area contributed by atoms with Crippen LogP contribution in [0, 0.1) is 0 Å². The van der Waals surface area contributed by atoms with E-state index in [1.807, 2.05) is 153 Å². The molecule has 0 aliphatic carbocycles. The minimum Gasteiger partial charge on any atom is -0.497 e. The van der Waals surface area contributed by atoms with Gasteiger partial charge >= 0.3 is 15.2 Å². The van der Waals surface area contributed by atoms with E-state index in [0.717, 1.165) is 44.9 Å². The lowest BCUT2D eigenvalue weighted by Gasteiger charge is -2.37. The molecule has 10 aromatic rings. The molecule has 4 N–H and O–H groups in total. The van der Waals surface area contributed by atoms with Gasteiger partial charge in [-0.2, -0.15) is 0 Å². The SMILES string of the molecule is C=C.COc1ccc(C(Nc2ncnc3c2ncn3C(C)CCOCP(=O)(O)O)(c2ccccc2)c2ccccc2)cc1.COc1ccc(C(Nc2ncnc3c2ncn3C(C)CCOCP(=O)(OC(C)C)OC(C)C)(c2ccccc2)c2ccccc2)cc1. The van der Waals surface area contributed by atoms with E-state index in [1.165, 1.54) is 6.33 Å². The lowest BCUT2D eigenvalue weighted by Crippen LogP contribution is -2.38. The lowest BCUT2D eigenvalue weighted by molar-refractivity contribution is 0.0947. The molecule has 0 aliphatic rings. The summed E-state index contributed by atoms with van der Waals surface area (Å²) in [5.41, 5.74) is 7.00. The average Bonchev–Trinajstić information content (AvgIpc) is 0.953. The second-order valence-corrected chi connectivity index (χ2v) is 25.2. The van der Waals surface area contributed by atoms with Gasteiger partial charge in [-0.1, -0.05) is 146 Å². The average molecular weight is 1260 g/mol. The number of hydrogen-bond acceptors (Lipinski definition) is 16. The van der Waals surface area contributed by atoms with E-state index >= 15 is 0 Å². The molecule has 90 heavy (non-hydrogen) atoms. The molecular formula is C68H80N10O10P2. The normalized spacial score (nSPS) is 12.6. The first-order valence-corrected chi connectivity index (χ1v) is 33.1. The van der Waals surface area contributed by atoms with Gasteiger partial charge in [0.1, 0.15) is 59.0 Å². The van der Waals surface area contributed by atoms with E-state index in [9.17, 15) is 9.13 Å². The summed E-state index contributed by atoms with van der Waals surface area (Å²) in [5, 5.41) is 7.59. The zero-order valence-corrected chi connectivity index (χ0v) is 53.9. The largest absolute Gasteiger partial charge is 0.497 e. The molecule has 0 aliphatic heterocycles. The van der Waals surface area contributed by atoms with Crippen molar-refractivity contribution in [2.45, 2.75) is 89.8 Å². The number of nitrogens with zero attached hydrogens (tertiary/aromatic N) is 8.